The highest BCUT2D eigenvalue weighted by Crippen LogP contribution is 2.15. The fourth-order valence-corrected chi connectivity index (χ4v) is 3.09. The first-order valence-electron chi connectivity index (χ1n) is 6.08. The topological polar surface area (TPSA) is 28.2 Å². The Balaban J connectivity index is 1.79. The minimum atomic E-state index is 0.691. The van der Waals surface area contributed by atoms with Crippen LogP contribution in [0.5, 0.6) is 0 Å². The Morgan fingerprint density at radius 1 is 1.62 bits per heavy atom. The first-order valence-corrected chi connectivity index (χ1v) is 6.96. The lowest BCUT2D eigenvalue weighted by Gasteiger charge is -2.32. The molecule has 90 valence electrons. The molecule has 1 atom stereocenters. The molecule has 1 aromatic rings. The molecule has 1 saturated heterocycles. The van der Waals surface area contributed by atoms with Gasteiger partial charge in [0.1, 0.15) is 0 Å². The van der Waals surface area contributed by atoms with Crippen LogP contribution >= 0.6 is 11.3 Å². The van der Waals surface area contributed by atoms with Crippen molar-refractivity contribution < 1.29 is 0 Å². The van der Waals surface area contributed by atoms with E-state index in [9.17, 15) is 0 Å². The van der Waals surface area contributed by atoms with E-state index in [0.29, 0.717) is 6.04 Å². The molecule has 0 aliphatic carbocycles. The molecular formula is C12H21N3S. The highest BCUT2D eigenvalue weighted by atomic mass is 32.1. The molecule has 16 heavy (non-hydrogen) atoms. The van der Waals surface area contributed by atoms with Crippen LogP contribution < -0.4 is 5.32 Å². The van der Waals surface area contributed by atoms with Gasteiger partial charge in [-0.1, -0.05) is 0 Å². The van der Waals surface area contributed by atoms with Gasteiger partial charge in [-0.25, -0.2) is 4.98 Å². The second kappa shape index (κ2) is 5.75. The maximum atomic E-state index is 4.30. The molecule has 1 aliphatic rings. The van der Waals surface area contributed by atoms with Crippen molar-refractivity contribution in [2.45, 2.75) is 32.2 Å². The Hall–Kier alpha value is -0.450. The summed E-state index contributed by atoms with van der Waals surface area (Å²) >= 11 is 1.79. The Bertz CT molecular complexity index is 324. The third kappa shape index (κ3) is 3.03. The van der Waals surface area contributed by atoms with E-state index in [2.05, 4.69) is 29.2 Å². The van der Waals surface area contributed by atoms with E-state index in [1.165, 1.54) is 43.0 Å². The minimum Gasteiger partial charge on any atom is -0.316 e. The number of aryl methyl sites for hydroxylation is 1. The summed E-state index contributed by atoms with van der Waals surface area (Å²) in [4.78, 5) is 8.32. The fourth-order valence-electron chi connectivity index (χ4n) is 2.32. The molecule has 2 rings (SSSR count). The zero-order chi connectivity index (χ0) is 11.4. The average molecular weight is 239 g/mol. The van der Waals surface area contributed by atoms with Crippen LogP contribution in [0.15, 0.2) is 5.51 Å². The second-order valence-electron chi connectivity index (χ2n) is 4.54. The largest absolute Gasteiger partial charge is 0.316 e. The summed E-state index contributed by atoms with van der Waals surface area (Å²) in [6.07, 6.45) is 3.81. The van der Waals surface area contributed by atoms with Gasteiger partial charge in [0.2, 0.25) is 0 Å². The summed E-state index contributed by atoms with van der Waals surface area (Å²) in [7, 11) is 2.07. The Morgan fingerprint density at radius 2 is 2.50 bits per heavy atom. The first kappa shape index (κ1) is 12.0. The number of nitrogens with one attached hydrogen (secondary N) is 1. The molecule has 1 unspecified atom stereocenters. The van der Waals surface area contributed by atoms with Crippen molar-refractivity contribution in [3.63, 3.8) is 0 Å². The summed E-state index contributed by atoms with van der Waals surface area (Å²) in [5.74, 6) is 0. The standard InChI is InChI=1S/C12H21N3S/c1-10-12(16-9-14-10)5-7-15-6-3-4-11(8-15)13-2/h9,11,13H,3-8H2,1-2H3. The monoisotopic (exact) mass is 239 g/mol. The van der Waals surface area contributed by atoms with Gasteiger partial charge in [0.25, 0.3) is 0 Å². The van der Waals surface area contributed by atoms with E-state index >= 15 is 0 Å². The number of likely N-dealkylation sites (tertiary alicyclic amines) is 1. The molecule has 1 N–H and O–H groups in total. The number of likely N-dealkylation sites (N-methyl/N-ethyl adjacent to an activating group) is 1. The van der Waals surface area contributed by atoms with Crippen LogP contribution in [0.25, 0.3) is 0 Å². The van der Waals surface area contributed by atoms with Crippen LogP contribution in [0, 0.1) is 6.92 Å². The minimum absolute atomic E-state index is 0.691. The molecule has 0 amide bonds. The Kier molecular flexibility index (Phi) is 4.32. The number of hydrogen-bond donors (Lipinski definition) is 1. The number of hydrogen-bond acceptors (Lipinski definition) is 4. The first-order chi connectivity index (χ1) is 7.79. The average Bonchev–Trinajstić information content (AvgIpc) is 2.72. The van der Waals surface area contributed by atoms with Crippen molar-refractivity contribution in [1.29, 1.82) is 0 Å². The molecule has 0 radical (unpaired) electrons. The van der Waals surface area contributed by atoms with Gasteiger partial charge in [-0.2, -0.15) is 0 Å². The van der Waals surface area contributed by atoms with Crippen LogP contribution in [0.1, 0.15) is 23.4 Å². The third-order valence-corrected chi connectivity index (χ3v) is 4.41. The van der Waals surface area contributed by atoms with Gasteiger partial charge < -0.3 is 10.2 Å². The van der Waals surface area contributed by atoms with Crippen molar-refractivity contribution in [2.75, 3.05) is 26.7 Å². The van der Waals surface area contributed by atoms with E-state index in [1.807, 2.05) is 5.51 Å². The summed E-state index contributed by atoms with van der Waals surface area (Å²) in [5, 5.41) is 3.39. The van der Waals surface area contributed by atoms with Gasteiger partial charge in [-0.15, -0.1) is 11.3 Å². The molecule has 3 nitrogen and oxygen atoms in total. The Labute approximate surface area is 102 Å². The van der Waals surface area contributed by atoms with Crippen LogP contribution in [-0.2, 0) is 6.42 Å². The predicted octanol–water partition coefficient (Wildman–Crippen LogP) is 1.68. The van der Waals surface area contributed by atoms with Crippen molar-refractivity contribution >= 4 is 11.3 Å². The lowest BCUT2D eigenvalue weighted by Crippen LogP contribution is -2.44. The van der Waals surface area contributed by atoms with E-state index < -0.39 is 0 Å². The quantitative estimate of drug-likeness (QED) is 0.866. The maximum absolute atomic E-state index is 4.30. The van der Waals surface area contributed by atoms with Crippen LogP contribution in [0.3, 0.4) is 0 Å². The van der Waals surface area contributed by atoms with Gasteiger partial charge >= 0.3 is 0 Å². The zero-order valence-corrected chi connectivity index (χ0v) is 11.0. The molecule has 0 aromatic carbocycles. The molecule has 0 bridgehead atoms. The molecule has 0 spiro atoms. The number of aromatic nitrogens is 1. The molecule has 1 fully saturated rings. The van der Waals surface area contributed by atoms with Crippen LogP contribution in [0.2, 0.25) is 0 Å². The fraction of sp³-hybridized carbons (Fsp3) is 0.750. The highest BCUT2D eigenvalue weighted by Gasteiger charge is 2.18. The predicted molar refractivity (Wildman–Crippen MR) is 69.1 cm³/mol. The van der Waals surface area contributed by atoms with Crippen molar-refractivity contribution in [1.82, 2.24) is 15.2 Å². The highest BCUT2D eigenvalue weighted by molar-refractivity contribution is 7.09. The summed E-state index contributed by atoms with van der Waals surface area (Å²) in [6, 6.07) is 0.691. The molecule has 2 heterocycles. The van der Waals surface area contributed by atoms with Gasteiger partial charge in [0.05, 0.1) is 11.2 Å². The van der Waals surface area contributed by atoms with Gasteiger partial charge in [-0.3, -0.25) is 0 Å². The molecule has 4 heteroatoms. The molecule has 1 aliphatic heterocycles. The second-order valence-corrected chi connectivity index (χ2v) is 5.48. The van der Waals surface area contributed by atoms with E-state index in [0.717, 1.165) is 6.42 Å². The van der Waals surface area contributed by atoms with Crippen LogP contribution in [0.4, 0.5) is 0 Å². The number of nitrogens with zero attached hydrogens (tertiary/aromatic N) is 2. The van der Waals surface area contributed by atoms with E-state index in [1.54, 1.807) is 11.3 Å². The normalized spacial score (nSPS) is 22.5. The lowest BCUT2D eigenvalue weighted by molar-refractivity contribution is 0.197. The lowest BCUT2D eigenvalue weighted by atomic mass is 10.1. The molecule has 1 aromatic heterocycles. The van der Waals surface area contributed by atoms with Gasteiger partial charge in [-0.05, 0) is 39.8 Å². The maximum Gasteiger partial charge on any atom is 0.0797 e. The number of thiazole rings is 1. The molecular weight excluding hydrogens is 218 g/mol. The summed E-state index contributed by atoms with van der Waals surface area (Å²) in [6.45, 7) is 5.75. The van der Waals surface area contributed by atoms with Crippen LogP contribution in [-0.4, -0.2) is 42.6 Å². The summed E-state index contributed by atoms with van der Waals surface area (Å²) < 4.78 is 0. The van der Waals surface area contributed by atoms with E-state index in [-0.39, 0.29) is 0 Å². The molecule has 0 saturated carbocycles. The van der Waals surface area contributed by atoms with Crippen molar-refractivity contribution in [3.8, 4) is 0 Å². The number of piperidine rings is 1. The van der Waals surface area contributed by atoms with E-state index in [4.69, 9.17) is 0 Å². The van der Waals surface area contributed by atoms with Gasteiger partial charge in [0.15, 0.2) is 0 Å². The number of rotatable bonds is 4. The SMILES string of the molecule is CNC1CCCN(CCc2scnc2C)C1. The van der Waals surface area contributed by atoms with Crippen molar-refractivity contribution in [2.24, 2.45) is 0 Å². The zero-order valence-electron chi connectivity index (χ0n) is 10.2. The summed E-state index contributed by atoms with van der Waals surface area (Å²) in [5.41, 5.74) is 3.17. The van der Waals surface area contributed by atoms with Crippen molar-refractivity contribution in [3.05, 3.63) is 16.1 Å². The Morgan fingerprint density at radius 3 is 3.19 bits per heavy atom. The smallest absolute Gasteiger partial charge is 0.0797 e. The third-order valence-electron chi connectivity index (χ3n) is 3.41. The van der Waals surface area contributed by atoms with Gasteiger partial charge in [0, 0.05) is 24.0 Å².